The van der Waals surface area contributed by atoms with Crippen LogP contribution in [0.25, 0.3) is 44.4 Å². The third-order valence-corrected chi connectivity index (χ3v) is 9.75. The molecule has 0 unspecified atom stereocenters. The van der Waals surface area contributed by atoms with Crippen molar-refractivity contribution in [3.05, 3.63) is 131 Å². The second-order valence-electron chi connectivity index (χ2n) is 14.1. The number of benzene rings is 4. The van der Waals surface area contributed by atoms with E-state index in [1.54, 1.807) is 0 Å². The summed E-state index contributed by atoms with van der Waals surface area (Å²) >= 11 is 0. The van der Waals surface area contributed by atoms with Gasteiger partial charge in [-0.25, -0.2) is 4.98 Å². The Balaban J connectivity index is 0.00000448. The molecule has 0 amide bonds. The Morgan fingerprint density at radius 3 is 2.22 bits per heavy atom. The minimum absolute atomic E-state index is 0. The number of para-hydroxylation sites is 1. The molecule has 3 aromatic heterocycles. The summed E-state index contributed by atoms with van der Waals surface area (Å²) < 4.78 is 10.9. The maximum atomic E-state index is 6.65. The van der Waals surface area contributed by atoms with Crippen LogP contribution < -0.4 is 4.74 Å². The molecule has 7 rings (SSSR count). The van der Waals surface area contributed by atoms with Gasteiger partial charge in [0.05, 0.1) is 5.69 Å². The molecule has 0 saturated heterocycles. The topological polar surface area (TPSA) is 44.9 Å². The van der Waals surface area contributed by atoms with E-state index < -0.39 is 0 Å². The zero-order chi connectivity index (χ0) is 35.1. The van der Waals surface area contributed by atoms with Crippen molar-refractivity contribution in [2.45, 2.75) is 80.6 Å². The molecule has 4 aromatic carbocycles. The van der Waals surface area contributed by atoms with Crippen molar-refractivity contribution in [2.75, 3.05) is 0 Å². The molecule has 0 aliphatic rings. The van der Waals surface area contributed by atoms with Gasteiger partial charge >= 0.3 is 21.1 Å². The summed E-state index contributed by atoms with van der Waals surface area (Å²) in [7, 11) is 0. The zero-order valence-electron chi connectivity index (χ0n) is 30.9. The van der Waals surface area contributed by atoms with E-state index in [1.165, 1.54) is 27.8 Å². The molecule has 0 bridgehead atoms. The number of aryl methyl sites for hydroxylation is 3. The third kappa shape index (κ3) is 6.94. The van der Waals surface area contributed by atoms with Crippen LogP contribution in [0.3, 0.4) is 0 Å². The minimum Gasteiger partial charge on any atom is -0.509 e. The summed E-state index contributed by atoms with van der Waals surface area (Å²) in [6, 6.07) is 35.1. The van der Waals surface area contributed by atoms with Crippen LogP contribution in [0.5, 0.6) is 11.5 Å². The van der Waals surface area contributed by atoms with Gasteiger partial charge in [-0.1, -0.05) is 83.5 Å². The zero-order valence-corrected chi connectivity index (χ0v) is 33.1. The maximum Gasteiger partial charge on any atom is 2.00 e. The first-order valence-electron chi connectivity index (χ1n) is 18.0. The van der Waals surface area contributed by atoms with Gasteiger partial charge in [0.15, 0.2) is 0 Å². The van der Waals surface area contributed by atoms with Gasteiger partial charge in [-0.05, 0) is 96.5 Å². The van der Waals surface area contributed by atoms with Crippen molar-refractivity contribution in [1.29, 1.82) is 0 Å². The van der Waals surface area contributed by atoms with Crippen molar-refractivity contribution in [2.24, 2.45) is 5.92 Å². The molecule has 0 radical (unpaired) electrons. The number of nitrogens with zero attached hydrogens (tertiary/aromatic N) is 4. The summed E-state index contributed by atoms with van der Waals surface area (Å²) in [4.78, 5) is 4.83. The van der Waals surface area contributed by atoms with Crippen molar-refractivity contribution in [1.82, 2.24) is 19.3 Å². The summed E-state index contributed by atoms with van der Waals surface area (Å²) in [5.41, 5.74) is 12.7. The van der Waals surface area contributed by atoms with Gasteiger partial charge in [0.1, 0.15) is 5.82 Å². The van der Waals surface area contributed by atoms with E-state index in [-0.39, 0.29) is 27.0 Å². The molecular weight excluding hydrogens is 808 g/mol. The van der Waals surface area contributed by atoms with Crippen LogP contribution in [-0.4, -0.2) is 19.3 Å². The Labute approximate surface area is 317 Å². The van der Waals surface area contributed by atoms with Gasteiger partial charge in [-0.15, -0.1) is 41.3 Å². The maximum absolute atomic E-state index is 6.65. The normalized spacial score (nSPS) is 11.6. The fraction of sp³-hybridized carbons (Fsp3) is 0.289. The van der Waals surface area contributed by atoms with Gasteiger partial charge < -0.3 is 9.30 Å². The Morgan fingerprint density at radius 2 is 1.51 bits per heavy atom. The fourth-order valence-electron chi connectivity index (χ4n) is 7.33. The first-order valence-corrected chi connectivity index (χ1v) is 18.0. The Hall–Kier alpha value is -4.47. The summed E-state index contributed by atoms with van der Waals surface area (Å²) in [6.07, 6.45) is 4.85. The van der Waals surface area contributed by atoms with Crippen LogP contribution in [0.15, 0.2) is 85.1 Å². The predicted molar refractivity (Wildman–Crippen MR) is 206 cm³/mol. The van der Waals surface area contributed by atoms with E-state index in [0.717, 1.165) is 69.5 Å². The van der Waals surface area contributed by atoms with Crippen molar-refractivity contribution >= 4 is 21.8 Å². The van der Waals surface area contributed by atoms with Crippen LogP contribution in [0.4, 0.5) is 0 Å². The van der Waals surface area contributed by atoms with Gasteiger partial charge in [0.2, 0.25) is 0 Å². The average Bonchev–Trinajstić information content (AvgIpc) is 3.59. The number of fused-ring (bicyclic) bond motifs is 3. The Kier molecular flexibility index (Phi) is 10.7. The quantitative estimate of drug-likeness (QED) is 0.129. The molecule has 7 aromatic rings. The van der Waals surface area contributed by atoms with Crippen LogP contribution in [0.2, 0.25) is 0 Å². The average molecular weight is 854 g/mol. The molecular formula is C45H46N4OPt. The first-order chi connectivity index (χ1) is 24.2. The van der Waals surface area contributed by atoms with E-state index in [0.29, 0.717) is 17.4 Å². The van der Waals surface area contributed by atoms with E-state index in [1.807, 2.05) is 16.9 Å². The number of pyridine rings is 1. The van der Waals surface area contributed by atoms with Gasteiger partial charge in [-0.2, -0.15) is 11.2 Å². The van der Waals surface area contributed by atoms with Crippen LogP contribution in [0.1, 0.15) is 81.1 Å². The second-order valence-corrected chi connectivity index (χ2v) is 14.1. The smallest absolute Gasteiger partial charge is 0.509 e. The van der Waals surface area contributed by atoms with E-state index >= 15 is 0 Å². The molecule has 0 aliphatic carbocycles. The molecule has 262 valence electrons. The third-order valence-electron chi connectivity index (χ3n) is 9.75. The Morgan fingerprint density at radius 1 is 0.765 bits per heavy atom. The summed E-state index contributed by atoms with van der Waals surface area (Å²) in [5, 5.41) is 7.37. The monoisotopic (exact) mass is 853 g/mol. The predicted octanol–water partition coefficient (Wildman–Crippen LogP) is 11.5. The molecule has 0 saturated carbocycles. The number of hydrogen-bond donors (Lipinski definition) is 0. The molecule has 0 N–H and O–H groups in total. The Bertz CT molecular complexity index is 2320. The number of hydrogen-bond acceptors (Lipinski definition) is 3. The van der Waals surface area contributed by atoms with Crippen molar-refractivity contribution < 1.29 is 25.8 Å². The van der Waals surface area contributed by atoms with E-state index in [9.17, 15) is 0 Å². The fourth-order valence-corrected chi connectivity index (χ4v) is 7.33. The number of ether oxygens (including phenoxy) is 1. The van der Waals surface area contributed by atoms with Gasteiger partial charge in [0.25, 0.3) is 0 Å². The van der Waals surface area contributed by atoms with Crippen LogP contribution >= 0.6 is 0 Å². The second kappa shape index (κ2) is 15.0. The molecule has 3 heterocycles. The number of aromatic nitrogens is 4. The molecule has 0 spiro atoms. The molecule has 0 aliphatic heterocycles. The van der Waals surface area contributed by atoms with Gasteiger partial charge in [0, 0.05) is 34.5 Å². The number of rotatable bonds is 10. The van der Waals surface area contributed by atoms with E-state index in [2.05, 4.69) is 145 Å². The largest absolute Gasteiger partial charge is 2.00 e. The van der Waals surface area contributed by atoms with Crippen LogP contribution in [0, 0.1) is 31.9 Å². The first kappa shape index (κ1) is 36.3. The van der Waals surface area contributed by atoms with Crippen molar-refractivity contribution in [3.8, 4) is 34.1 Å². The van der Waals surface area contributed by atoms with Gasteiger partial charge in [-0.3, -0.25) is 4.68 Å². The SMILES string of the molecule is CCc1cccc(CC)c1-c1c(C)nn(-c2[c-]c(Oc3[c-]c4c(cc3)c3ccccc3n4-c3cc(CC(C)C)ccn3)cc(C(C)C)c2)c1C.[Pt+2]. The molecule has 0 atom stereocenters. The van der Waals surface area contributed by atoms with Crippen molar-refractivity contribution in [3.63, 3.8) is 0 Å². The molecule has 6 heteroatoms. The summed E-state index contributed by atoms with van der Waals surface area (Å²) in [6.45, 7) is 17.6. The summed E-state index contributed by atoms with van der Waals surface area (Å²) in [5.74, 6) is 2.99. The molecule has 51 heavy (non-hydrogen) atoms. The van der Waals surface area contributed by atoms with Crippen LogP contribution in [-0.2, 0) is 40.3 Å². The standard InChI is InChI=1S/C45H46N4O.Pt/c1-9-33-14-13-15-34(10-2)45(33)44-30(7)47-49(31(44)8)36-24-35(29(5)6)25-38(26-36)50-37-18-19-40-39-16-11-12-17-41(39)48(42(40)27-37)43-23-32(20-21-46-43)22-28(3)4;/h11-21,23-25,28-29H,9-10,22H2,1-8H3;/q-2;+2. The molecule has 5 nitrogen and oxygen atoms in total. The molecule has 0 fully saturated rings. The van der Waals surface area contributed by atoms with E-state index in [4.69, 9.17) is 14.8 Å². The minimum atomic E-state index is 0.